The Morgan fingerprint density at radius 2 is 2.00 bits per heavy atom. The Labute approximate surface area is 174 Å². The summed E-state index contributed by atoms with van der Waals surface area (Å²) in [5.74, 6) is -0.457. The third kappa shape index (κ3) is 3.80. The highest BCUT2D eigenvalue weighted by Crippen LogP contribution is 2.56. The van der Waals surface area contributed by atoms with Gasteiger partial charge in [0.15, 0.2) is 0 Å². The number of aliphatic carboxylic acids is 1. The highest BCUT2D eigenvalue weighted by atomic mass is 32.1. The van der Waals surface area contributed by atoms with Crippen molar-refractivity contribution < 1.29 is 9.90 Å². The lowest BCUT2D eigenvalue weighted by Gasteiger charge is -2.43. The van der Waals surface area contributed by atoms with Crippen LogP contribution in [0, 0.1) is 5.92 Å². The van der Waals surface area contributed by atoms with Crippen molar-refractivity contribution in [3.8, 4) is 0 Å². The van der Waals surface area contributed by atoms with Crippen molar-refractivity contribution in [1.82, 2.24) is 0 Å². The van der Waals surface area contributed by atoms with Gasteiger partial charge in [-0.3, -0.25) is 0 Å². The molecule has 2 aliphatic rings. The molecule has 1 aliphatic heterocycles. The molecule has 1 saturated carbocycles. The molecule has 0 bridgehead atoms. The van der Waals surface area contributed by atoms with Gasteiger partial charge in [0.1, 0.15) is 0 Å². The lowest BCUT2D eigenvalue weighted by molar-refractivity contribution is -0.131. The van der Waals surface area contributed by atoms with Crippen molar-refractivity contribution in [3.63, 3.8) is 0 Å². The molecule has 1 aromatic carbocycles. The molecular formula is C24H31NO2S. The number of nitrogens with zero attached hydrogens (tertiary/aromatic N) is 1. The van der Waals surface area contributed by atoms with E-state index >= 15 is 0 Å². The summed E-state index contributed by atoms with van der Waals surface area (Å²) >= 11 is 5.72. The molecular weight excluding hydrogens is 366 g/mol. The van der Waals surface area contributed by atoms with Gasteiger partial charge in [-0.15, -0.1) is 0 Å². The van der Waals surface area contributed by atoms with Crippen molar-refractivity contribution in [1.29, 1.82) is 0 Å². The first kappa shape index (κ1) is 20.8. The van der Waals surface area contributed by atoms with Crippen LogP contribution in [0.5, 0.6) is 0 Å². The average molecular weight is 398 g/mol. The number of rotatable bonds is 5. The van der Waals surface area contributed by atoms with Crippen molar-refractivity contribution in [2.24, 2.45) is 5.92 Å². The highest BCUT2D eigenvalue weighted by Gasteiger charge is 2.50. The summed E-state index contributed by atoms with van der Waals surface area (Å²) in [5, 5.41) is 8.86. The summed E-state index contributed by atoms with van der Waals surface area (Å²) in [6.07, 6.45) is 7.34. The smallest absolute Gasteiger partial charge is 0.328 e. The molecule has 4 heteroatoms. The van der Waals surface area contributed by atoms with E-state index in [0.717, 1.165) is 23.4 Å². The normalized spacial score (nSPS) is 26.7. The molecule has 0 aromatic heterocycles. The third-order valence-electron chi connectivity index (χ3n) is 6.27. The minimum absolute atomic E-state index is 0.0330. The molecule has 28 heavy (non-hydrogen) atoms. The molecule has 0 amide bonds. The Morgan fingerprint density at radius 3 is 2.61 bits per heavy atom. The highest BCUT2D eigenvalue weighted by molar-refractivity contribution is 7.80. The molecule has 150 valence electrons. The molecule has 3 rings (SSSR count). The number of hydrogen-bond acceptors (Lipinski definition) is 2. The number of carbonyl (C=O) groups is 1. The summed E-state index contributed by atoms with van der Waals surface area (Å²) < 4.78 is 0. The molecule has 0 unspecified atom stereocenters. The zero-order valence-corrected chi connectivity index (χ0v) is 18.6. The summed E-state index contributed by atoms with van der Waals surface area (Å²) in [4.78, 5) is 14.1. The maximum Gasteiger partial charge on any atom is 0.328 e. The van der Waals surface area contributed by atoms with Gasteiger partial charge in [0, 0.05) is 24.2 Å². The monoisotopic (exact) mass is 397 g/mol. The van der Waals surface area contributed by atoms with E-state index in [0.29, 0.717) is 12.0 Å². The quantitative estimate of drug-likeness (QED) is 0.389. The minimum atomic E-state index is -0.898. The summed E-state index contributed by atoms with van der Waals surface area (Å²) in [6.45, 7) is 13.1. The van der Waals surface area contributed by atoms with Crippen LogP contribution in [0.3, 0.4) is 0 Å². The Bertz CT molecular complexity index is 881. The zero-order valence-electron chi connectivity index (χ0n) is 17.7. The molecule has 1 aliphatic carbocycles. The summed E-state index contributed by atoms with van der Waals surface area (Å²) in [5.41, 5.74) is 4.91. The SMILES string of the molecule is CC(/C=C/[C@@H]1C[C@]1(C)c1ccc2c(c1)C(C)(C)CC(=S)N2C(C)C)=C\C(=O)O. The lowest BCUT2D eigenvalue weighted by Crippen LogP contribution is -2.44. The molecule has 3 nitrogen and oxygen atoms in total. The lowest BCUT2D eigenvalue weighted by atomic mass is 9.75. The predicted molar refractivity (Wildman–Crippen MR) is 120 cm³/mol. The van der Waals surface area contributed by atoms with Gasteiger partial charge in [-0.25, -0.2) is 4.79 Å². The Hall–Kier alpha value is -1.94. The van der Waals surface area contributed by atoms with E-state index in [9.17, 15) is 4.79 Å². The Morgan fingerprint density at radius 1 is 1.32 bits per heavy atom. The van der Waals surface area contributed by atoms with Crippen LogP contribution < -0.4 is 4.90 Å². The summed E-state index contributed by atoms with van der Waals surface area (Å²) in [7, 11) is 0. The van der Waals surface area contributed by atoms with Crippen LogP contribution in [0.15, 0.2) is 42.0 Å². The molecule has 0 saturated heterocycles. The van der Waals surface area contributed by atoms with Crippen LogP contribution in [0.4, 0.5) is 5.69 Å². The first-order chi connectivity index (χ1) is 13.0. The number of benzene rings is 1. The van der Waals surface area contributed by atoms with Gasteiger partial charge in [-0.1, -0.05) is 57.3 Å². The number of anilines is 1. The average Bonchev–Trinajstić information content (AvgIpc) is 3.23. The van der Waals surface area contributed by atoms with Crippen LogP contribution in [0.2, 0.25) is 0 Å². The first-order valence-corrected chi connectivity index (χ1v) is 10.4. The Balaban J connectivity index is 1.91. The van der Waals surface area contributed by atoms with E-state index in [2.05, 4.69) is 63.8 Å². The van der Waals surface area contributed by atoms with Gasteiger partial charge in [0.25, 0.3) is 0 Å². The van der Waals surface area contributed by atoms with Gasteiger partial charge in [0.2, 0.25) is 0 Å². The summed E-state index contributed by atoms with van der Waals surface area (Å²) in [6, 6.07) is 7.24. The van der Waals surface area contributed by atoms with Gasteiger partial charge in [-0.2, -0.15) is 0 Å². The number of fused-ring (bicyclic) bond motifs is 1. The van der Waals surface area contributed by atoms with E-state index in [1.807, 2.05) is 13.0 Å². The van der Waals surface area contributed by atoms with Crippen molar-refractivity contribution in [3.05, 3.63) is 53.1 Å². The van der Waals surface area contributed by atoms with Crippen LogP contribution in [0.25, 0.3) is 0 Å². The number of hydrogen-bond donors (Lipinski definition) is 1. The topological polar surface area (TPSA) is 40.5 Å². The molecule has 0 spiro atoms. The molecule has 1 heterocycles. The maximum absolute atomic E-state index is 10.8. The number of thiocarbonyl (C=S) groups is 1. The molecule has 1 aromatic rings. The van der Waals surface area contributed by atoms with Crippen LogP contribution in [0.1, 0.15) is 65.5 Å². The van der Waals surface area contributed by atoms with Crippen molar-refractivity contribution in [2.45, 2.75) is 71.3 Å². The second-order valence-corrected chi connectivity index (χ2v) is 9.94. The van der Waals surface area contributed by atoms with Crippen LogP contribution >= 0.6 is 12.2 Å². The first-order valence-electron chi connectivity index (χ1n) is 10.0. The van der Waals surface area contributed by atoms with E-state index < -0.39 is 5.97 Å². The standard InChI is InChI=1S/C24H31NO2S/c1-15(2)25-20-10-9-17(12-19(20)23(4,5)14-21(25)28)24(6)13-18(24)8-7-16(3)11-22(26)27/h7-12,15,18H,13-14H2,1-6H3,(H,26,27)/b8-7+,16-11+/t18-,24-/m1/s1. The molecule has 1 fully saturated rings. The minimum Gasteiger partial charge on any atom is -0.478 e. The second kappa shape index (κ2) is 7.14. The van der Waals surface area contributed by atoms with E-state index in [1.54, 1.807) is 0 Å². The van der Waals surface area contributed by atoms with E-state index in [4.69, 9.17) is 17.3 Å². The molecule has 0 radical (unpaired) electrons. The number of carboxylic acids is 1. The molecule has 1 N–H and O–H groups in total. The number of allylic oxidation sites excluding steroid dienone is 3. The van der Waals surface area contributed by atoms with E-state index in [-0.39, 0.29) is 10.8 Å². The largest absolute Gasteiger partial charge is 0.478 e. The zero-order chi connectivity index (χ0) is 20.9. The van der Waals surface area contributed by atoms with Crippen molar-refractivity contribution >= 4 is 28.9 Å². The second-order valence-electron chi connectivity index (χ2n) is 9.46. The fraction of sp³-hybridized carbons (Fsp3) is 0.500. The third-order valence-corrected chi connectivity index (χ3v) is 6.61. The van der Waals surface area contributed by atoms with E-state index in [1.165, 1.54) is 22.9 Å². The fourth-order valence-corrected chi connectivity index (χ4v) is 5.09. The van der Waals surface area contributed by atoms with Crippen molar-refractivity contribution in [2.75, 3.05) is 4.90 Å². The van der Waals surface area contributed by atoms with Crippen LogP contribution in [-0.4, -0.2) is 22.1 Å². The molecule has 2 atom stereocenters. The predicted octanol–water partition coefficient (Wildman–Crippen LogP) is 5.77. The van der Waals surface area contributed by atoms with Gasteiger partial charge < -0.3 is 10.0 Å². The number of carboxylic acid groups (broad SMARTS) is 1. The Kier molecular flexibility index (Phi) is 5.30. The fourth-order valence-electron chi connectivity index (χ4n) is 4.42. The van der Waals surface area contributed by atoms with Gasteiger partial charge >= 0.3 is 5.97 Å². The van der Waals surface area contributed by atoms with Gasteiger partial charge in [0.05, 0.1) is 4.99 Å². The van der Waals surface area contributed by atoms with Crippen LogP contribution in [-0.2, 0) is 15.6 Å². The van der Waals surface area contributed by atoms with Gasteiger partial charge in [-0.05, 0) is 66.7 Å². The maximum atomic E-state index is 10.8.